The molecule has 3 aromatic carbocycles. The highest BCUT2D eigenvalue weighted by molar-refractivity contribution is 7.89. The van der Waals surface area contributed by atoms with E-state index >= 15 is 0 Å². The molecule has 3 aliphatic rings. The van der Waals surface area contributed by atoms with E-state index in [1.165, 1.54) is 11.6 Å². The number of hydrogen-bond acceptors (Lipinski definition) is 5. The molecule has 2 bridgehead atoms. The molecule has 0 aliphatic carbocycles. The number of amides is 1. The SMILES string of the molecule is Cc1nc2ccccc2n1C1CC2CCC(C1)N2CCC1(c2cccc(F)c2)CCN(C(=O)Cc2c(F)ccc(S(N)(=O)=O)c2F)CC1. The molecule has 3 saturated heterocycles. The normalized spacial score (nSPS) is 22.8. The van der Waals surface area contributed by atoms with E-state index in [2.05, 4.69) is 34.6 Å². The Labute approximate surface area is 278 Å². The highest BCUT2D eigenvalue weighted by Crippen LogP contribution is 2.45. The first-order valence-corrected chi connectivity index (χ1v) is 18.2. The Morgan fingerprint density at radius 2 is 1.67 bits per heavy atom. The fourth-order valence-corrected chi connectivity index (χ4v) is 9.33. The molecule has 8 nitrogen and oxygen atoms in total. The summed E-state index contributed by atoms with van der Waals surface area (Å²) in [6, 6.07) is 17.9. The molecule has 2 N–H and O–H groups in total. The summed E-state index contributed by atoms with van der Waals surface area (Å²) < 4.78 is 70.1. The van der Waals surface area contributed by atoms with Crippen LogP contribution in [0.5, 0.6) is 0 Å². The van der Waals surface area contributed by atoms with Crippen molar-refractivity contribution in [3.05, 3.63) is 95.1 Å². The largest absolute Gasteiger partial charge is 0.342 e. The van der Waals surface area contributed by atoms with Gasteiger partial charge in [-0.05, 0) is 106 Å². The number of nitrogens with two attached hydrogens (primary N) is 1. The number of carbonyl (C=O) groups excluding carboxylic acids is 1. The van der Waals surface area contributed by atoms with Gasteiger partial charge in [-0.1, -0.05) is 24.3 Å². The molecule has 4 heterocycles. The van der Waals surface area contributed by atoms with Crippen molar-refractivity contribution in [3.63, 3.8) is 0 Å². The summed E-state index contributed by atoms with van der Waals surface area (Å²) >= 11 is 0. The minimum atomic E-state index is -4.43. The van der Waals surface area contributed by atoms with E-state index in [0.717, 1.165) is 67.7 Å². The summed E-state index contributed by atoms with van der Waals surface area (Å²) in [5, 5.41) is 5.08. The maximum Gasteiger partial charge on any atom is 0.240 e. The van der Waals surface area contributed by atoms with E-state index in [1.807, 2.05) is 12.1 Å². The van der Waals surface area contributed by atoms with Crippen LogP contribution in [0.2, 0.25) is 0 Å². The fraction of sp³-hybridized carbons (Fsp3) is 0.444. The molecule has 3 fully saturated rings. The van der Waals surface area contributed by atoms with Crippen LogP contribution in [0.25, 0.3) is 11.0 Å². The van der Waals surface area contributed by atoms with Crippen molar-refractivity contribution in [2.75, 3.05) is 19.6 Å². The first-order chi connectivity index (χ1) is 22.9. The van der Waals surface area contributed by atoms with Gasteiger partial charge >= 0.3 is 0 Å². The number of sulfonamides is 1. The van der Waals surface area contributed by atoms with Gasteiger partial charge in [-0.15, -0.1) is 0 Å². The molecule has 0 radical (unpaired) electrons. The summed E-state index contributed by atoms with van der Waals surface area (Å²) in [4.78, 5) is 21.5. The number of para-hydroxylation sites is 2. The molecule has 2 unspecified atom stereocenters. The summed E-state index contributed by atoms with van der Waals surface area (Å²) in [6.07, 6.45) is 5.68. The number of aryl methyl sites for hydroxylation is 1. The highest BCUT2D eigenvalue weighted by atomic mass is 32.2. The second kappa shape index (κ2) is 12.6. The Bertz CT molecular complexity index is 1960. The number of primary sulfonamides is 1. The average Bonchev–Trinajstić information content (AvgIpc) is 3.51. The zero-order valence-corrected chi connectivity index (χ0v) is 27.7. The van der Waals surface area contributed by atoms with Gasteiger partial charge in [-0.25, -0.2) is 31.7 Å². The third kappa shape index (κ3) is 6.03. The van der Waals surface area contributed by atoms with Crippen LogP contribution in [-0.4, -0.2) is 65.4 Å². The van der Waals surface area contributed by atoms with Crippen molar-refractivity contribution in [3.8, 4) is 0 Å². The van der Waals surface area contributed by atoms with E-state index in [4.69, 9.17) is 10.1 Å². The van der Waals surface area contributed by atoms with Gasteiger partial charge in [0.25, 0.3) is 0 Å². The number of carbonyl (C=O) groups is 1. The molecule has 7 rings (SSSR count). The third-order valence-electron chi connectivity index (χ3n) is 11.1. The predicted octanol–water partition coefficient (Wildman–Crippen LogP) is 5.77. The first-order valence-electron chi connectivity index (χ1n) is 16.7. The molecule has 1 aromatic heterocycles. The lowest BCUT2D eigenvalue weighted by Gasteiger charge is -2.45. The zero-order chi connectivity index (χ0) is 33.8. The Hall–Kier alpha value is -3.74. The van der Waals surface area contributed by atoms with Gasteiger partial charge in [0.2, 0.25) is 15.9 Å². The van der Waals surface area contributed by atoms with Gasteiger partial charge in [0.15, 0.2) is 0 Å². The Morgan fingerprint density at radius 1 is 0.958 bits per heavy atom. The Balaban J connectivity index is 1.06. The van der Waals surface area contributed by atoms with Gasteiger partial charge in [-0.3, -0.25) is 9.69 Å². The minimum absolute atomic E-state index is 0.310. The smallest absolute Gasteiger partial charge is 0.240 e. The monoisotopic (exact) mass is 679 g/mol. The topological polar surface area (TPSA) is 102 Å². The lowest BCUT2D eigenvalue weighted by atomic mass is 9.70. The van der Waals surface area contributed by atoms with Gasteiger partial charge in [-0.2, -0.15) is 0 Å². The Morgan fingerprint density at radius 3 is 2.35 bits per heavy atom. The molecule has 48 heavy (non-hydrogen) atoms. The standard InChI is InChI=1S/C36H40F3N5O3S/c1-23-41-31-7-2-3-8-32(31)44(23)28-20-26-9-10-27(21-28)43(26)18-15-36(24-5-4-6-25(37)19-24)13-16-42(17-14-36)34(45)22-29-30(38)11-12-33(35(29)39)48(40,46)47/h2-8,11-12,19,26-28H,9-10,13-18,20-22H2,1H3,(H2,40,46,47). The van der Waals surface area contributed by atoms with E-state index in [9.17, 15) is 26.4 Å². The molecule has 4 aromatic rings. The quantitative estimate of drug-likeness (QED) is 0.255. The fourth-order valence-electron chi connectivity index (χ4n) is 8.70. The van der Waals surface area contributed by atoms with Crippen molar-refractivity contribution in [2.24, 2.45) is 5.14 Å². The molecule has 3 aliphatic heterocycles. The number of nitrogens with zero attached hydrogens (tertiary/aromatic N) is 4. The number of fused-ring (bicyclic) bond motifs is 3. The third-order valence-corrected chi connectivity index (χ3v) is 12.1. The van der Waals surface area contributed by atoms with Crippen LogP contribution in [0.15, 0.2) is 65.6 Å². The van der Waals surface area contributed by atoms with Crippen molar-refractivity contribution in [2.45, 2.75) is 86.7 Å². The summed E-state index contributed by atoms with van der Waals surface area (Å²) in [6.45, 7) is 3.60. The lowest BCUT2D eigenvalue weighted by Crippen LogP contribution is -2.49. The number of likely N-dealkylation sites (tertiary alicyclic amines) is 1. The number of benzene rings is 3. The maximum atomic E-state index is 15.0. The molecule has 2 atom stereocenters. The second-order valence-electron chi connectivity index (χ2n) is 13.7. The van der Waals surface area contributed by atoms with Gasteiger partial charge in [0.05, 0.1) is 17.5 Å². The maximum absolute atomic E-state index is 15.0. The average molecular weight is 680 g/mol. The molecule has 254 valence electrons. The van der Waals surface area contributed by atoms with Crippen LogP contribution >= 0.6 is 0 Å². The van der Waals surface area contributed by atoms with Crippen LogP contribution in [0.4, 0.5) is 13.2 Å². The van der Waals surface area contributed by atoms with E-state index in [-0.39, 0.29) is 11.2 Å². The number of piperidine rings is 2. The molecule has 1 amide bonds. The van der Waals surface area contributed by atoms with Crippen LogP contribution in [-0.2, 0) is 26.7 Å². The highest BCUT2D eigenvalue weighted by Gasteiger charge is 2.44. The van der Waals surface area contributed by atoms with Crippen LogP contribution < -0.4 is 5.14 Å². The van der Waals surface area contributed by atoms with Crippen LogP contribution in [0.1, 0.15) is 67.9 Å². The summed E-state index contributed by atoms with van der Waals surface area (Å²) in [7, 11) is -4.43. The molecule has 12 heteroatoms. The van der Waals surface area contributed by atoms with Crippen molar-refractivity contribution < 1.29 is 26.4 Å². The summed E-state index contributed by atoms with van der Waals surface area (Å²) in [5.74, 6) is -2.12. The van der Waals surface area contributed by atoms with Gasteiger partial charge in [0, 0.05) is 36.8 Å². The number of imidazole rings is 1. The van der Waals surface area contributed by atoms with Gasteiger partial charge in [0.1, 0.15) is 28.2 Å². The number of halogens is 3. The Kier molecular flexibility index (Phi) is 8.62. The van der Waals surface area contributed by atoms with E-state index in [1.54, 1.807) is 17.0 Å². The van der Waals surface area contributed by atoms with Crippen molar-refractivity contribution >= 4 is 27.0 Å². The molecule has 0 spiro atoms. The van der Waals surface area contributed by atoms with E-state index in [0.29, 0.717) is 44.1 Å². The number of rotatable bonds is 8. The zero-order valence-electron chi connectivity index (χ0n) is 26.9. The van der Waals surface area contributed by atoms with Crippen LogP contribution in [0.3, 0.4) is 0 Å². The lowest BCUT2D eigenvalue weighted by molar-refractivity contribution is -0.132. The van der Waals surface area contributed by atoms with Crippen LogP contribution in [0, 0.1) is 24.4 Å². The van der Waals surface area contributed by atoms with Crippen molar-refractivity contribution in [1.82, 2.24) is 19.4 Å². The van der Waals surface area contributed by atoms with E-state index < -0.39 is 44.4 Å². The molecule has 0 saturated carbocycles. The number of aromatic nitrogens is 2. The first kappa shape index (κ1) is 32.8. The van der Waals surface area contributed by atoms with Crippen molar-refractivity contribution in [1.29, 1.82) is 0 Å². The predicted molar refractivity (Wildman–Crippen MR) is 176 cm³/mol. The molecular weight excluding hydrogens is 639 g/mol. The van der Waals surface area contributed by atoms with Gasteiger partial charge < -0.3 is 9.47 Å². The summed E-state index contributed by atoms with van der Waals surface area (Å²) in [5.41, 5.74) is 2.11. The molecular formula is C36H40F3N5O3S. The second-order valence-corrected chi connectivity index (χ2v) is 15.3. The minimum Gasteiger partial charge on any atom is -0.342 e. The number of hydrogen-bond donors (Lipinski definition) is 1.